The number of furan rings is 1. The van der Waals surface area contributed by atoms with E-state index in [1.54, 1.807) is 0 Å². The SMILES string of the molecule is Brc1cccc(C2=CCCc3oc4c(ccc5ccccc54)c32)c1. The second-order valence-electron chi connectivity index (χ2n) is 6.23. The lowest BCUT2D eigenvalue weighted by molar-refractivity contribution is 0.548. The smallest absolute Gasteiger partial charge is 0.142 e. The molecular weight excluding hydrogens is 360 g/mol. The molecule has 5 rings (SSSR count). The van der Waals surface area contributed by atoms with Crippen LogP contribution in [0.15, 0.2) is 75.6 Å². The Hall–Kier alpha value is -2.32. The molecule has 0 N–H and O–H groups in total. The molecule has 0 atom stereocenters. The van der Waals surface area contributed by atoms with Crippen molar-refractivity contribution in [2.75, 3.05) is 0 Å². The van der Waals surface area contributed by atoms with Gasteiger partial charge in [0, 0.05) is 27.2 Å². The van der Waals surface area contributed by atoms with Crippen LogP contribution < -0.4 is 0 Å². The highest BCUT2D eigenvalue weighted by Gasteiger charge is 2.22. The molecule has 0 bridgehead atoms. The highest BCUT2D eigenvalue weighted by Crippen LogP contribution is 2.41. The van der Waals surface area contributed by atoms with Crippen LogP contribution in [0.1, 0.15) is 23.3 Å². The van der Waals surface area contributed by atoms with E-state index < -0.39 is 0 Å². The molecule has 0 amide bonds. The first-order valence-electron chi connectivity index (χ1n) is 8.21. The molecule has 4 aromatic rings. The third-order valence-electron chi connectivity index (χ3n) is 4.78. The minimum Gasteiger partial charge on any atom is -0.460 e. The van der Waals surface area contributed by atoms with Gasteiger partial charge in [0.2, 0.25) is 0 Å². The normalized spacial score (nSPS) is 14.0. The first-order valence-corrected chi connectivity index (χ1v) is 9.00. The third-order valence-corrected chi connectivity index (χ3v) is 5.27. The molecule has 1 nitrogen and oxygen atoms in total. The molecule has 0 unspecified atom stereocenters. The Balaban J connectivity index is 1.82. The first kappa shape index (κ1) is 14.1. The predicted octanol–water partition coefficient (Wildman–Crippen LogP) is 6.73. The fourth-order valence-electron chi connectivity index (χ4n) is 3.71. The van der Waals surface area contributed by atoms with Gasteiger partial charge in [0.25, 0.3) is 0 Å². The Morgan fingerprint density at radius 1 is 0.875 bits per heavy atom. The Morgan fingerprint density at radius 2 is 1.79 bits per heavy atom. The average molecular weight is 375 g/mol. The molecule has 0 fully saturated rings. The van der Waals surface area contributed by atoms with Crippen LogP contribution in [0.4, 0.5) is 0 Å². The zero-order valence-corrected chi connectivity index (χ0v) is 14.6. The summed E-state index contributed by atoms with van der Waals surface area (Å²) in [6, 6.07) is 21.3. The summed E-state index contributed by atoms with van der Waals surface area (Å²) in [5.41, 5.74) is 4.80. The molecule has 0 spiro atoms. The first-order chi connectivity index (χ1) is 11.8. The summed E-state index contributed by atoms with van der Waals surface area (Å²) in [7, 11) is 0. The molecule has 1 aliphatic carbocycles. The molecule has 2 heteroatoms. The molecule has 1 aromatic heterocycles. The minimum absolute atomic E-state index is 0.968. The van der Waals surface area contributed by atoms with Crippen LogP contribution in [-0.4, -0.2) is 0 Å². The van der Waals surface area contributed by atoms with Gasteiger partial charge in [-0.3, -0.25) is 0 Å². The maximum Gasteiger partial charge on any atom is 0.142 e. The number of hydrogen-bond acceptors (Lipinski definition) is 1. The Kier molecular flexibility index (Phi) is 3.14. The van der Waals surface area contributed by atoms with Gasteiger partial charge in [-0.2, -0.15) is 0 Å². The van der Waals surface area contributed by atoms with Crippen molar-refractivity contribution in [3.05, 3.63) is 88.1 Å². The number of rotatable bonds is 1. The number of halogens is 1. The van der Waals surface area contributed by atoms with Crippen LogP contribution in [0.2, 0.25) is 0 Å². The molecular formula is C22H15BrO. The van der Waals surface area contributed by atoms with Gasteiger partial charge in [0.15, 0.2) is 0 Å². The van der Waals surface area contributed by atoms with Crippen LogP contribution in [-0.2, 0) is 6.42 Å². The molecule has 3 aromatic carbocycles. The molecule has 0 saturated heterocycles. The lowest BCUT2D eigenvalue weighted by atomic mass is 9.89. The third kappa shape index (κ3) is 2.06. The van der Waals surface area contributed by atoms with Gasteiger partial charge >= 0.3 is 0 Å². The van der Waals surface area contributed by atoms with Gasteiger partial charge in [-0.25, -0.2) is 0 Å². The summed E-state index contributed by atoms with van der Waals surface area (Å²) >= 11 is 3.59. The van der Waals surface area contributed by atoms with Crippen molar-refractivity contribution >= 4 is 43.2 Å². The highest BCUT2D eigenvalue weighted by atomic mass is 79.9. The van der Waals surface area contributed by atoms with E-state index in [2.05, 4.69) is 82.7 Å². The second-order valence-corrected chi connectivity index (χ2v) is 7.15. The van der Waals surface area contributed by atoms with Crippen LogP contribution in [0.25, 0.3) is 27.3 Å². The quantitative estimate of drug-likeness (QED) is 0.360. The Labute approximate surface area is 148 Å². The zero-order valence-electron chi connectivity index (χ0n) is 13.1. The lowest BCUT2D eigenvalue weighted by Gasteiger charge is -2.14. The van der Waals surface area contributed by atoms with Gasteiger partial charge in [0.1, 0.15) is 11.3 Å². The van der Waals surface area contributed by atoms with Gasteiger partial charge in [0.05, 0.1) is 0 Å². The topological polar surface area (TPSA) is 13.1 Å². The van der Waals surface area contributed by atoms with Crippen molar-refractivity contribution in [1.82, 2.24) is 0 Å². The van der Waals surface area contributed by atoms with Gasteiger partial charge in [-0.15, -0.1) is 0 Å². The fraction of sp³-hybridized carbons (Fsp3) is 0.0909. The standard InChI is InChI=1S/C22H15BrO/c23-16-7-3-6-15(13-16)17-9-4-10-20-21(17)19-12-11-14-5-1-2-8-18(14)22(19)24-20/h1-3,5-9,11-13H,4,10H2. The van der Waals surface area contributed by atoms with Crippen LogP contribution in [0.5, 0.6) is 0 Å². The van der Waals surface area contributed by atoms with E-state index in [0.29, 0.717) is 0 Å². The molecule has 24 heavy (non-hydrogen) atoms. The van der Waals surface area contributed by atoms with E-state index in [0.717, 1.165) is 28.7 Å². The Bertz CT molecular complexity index is 1120. The molecule has 116 valence electrons. The van der Waals surface area contributed by atoms with E-state index in [9.17, 15) is 0 Å². The van der Waals surface area contributed by atoms with Crippen LogP contribution in [0.3, 0.4) is 0 Å². The van der Waals surface area contributed by atoms with Crippen LogP contribution in [0, 0.1) is 0 Å². The number of allylic oxidation sites excluding steroid dienone is 1. The van der Waals surface area contributed by atoms with E-state index in [1.807, 2.05) is 0 Å². The predicted molar refractivity (Wildman–Crippen MR) is 103 cm³/mol. The van der Waals surface area contributed by atoms with Crippen LogP contribution >= 0.6 is 15.9 Å². The number of fused-ring (bicyclic) bond motifs is 5. The lowest BCUT2D eigenvalue weighted by Crippen LogP contribution is -1.98. The van der Waals surface area contributed by atoms with Crippen molar-refractivity contribution in [3.8, 4) is 0 Å². The largest absolute Gasteiger partial charge is 0.460 e. The summed E-state index contributed by atoms with van der Waals surface area (Å²) in [6.07, 6.45) is 4.33. The summed E-state index contributed by atoms with van der Waals surface area (Å²) in [6.45, 7) is 0. The number of benzene rings is 3. The Morgan fingerprint density at radius 3 is 2.71 bits per heavy atom. The van der Waals surface area contributed by atoms with Gasteiger partial charge in [-0.1, -0.05) is 64.5 Å². The summed E-state index contributed by atoms with van der Waals surface area (Å²) in [5, 5.41) is 3.64. The van der Waals surface area contributed by atoms with E-state index in [4.69, 9.17) is 4.42 Å². The van der Waals surface area contributed by atoms with Crippen molar-refractivity contribution in [2.45, 2.75) is 12.8 Å². The fourth-order valence-corrected chi connectivity index (χ4v) is 4.11. The van der Waals surface area contributed by atoms with Crippen molar-refractivity contribution < 1.29 is 4.42 Å². The van der Waals surface area contributed by atoms with Crippen molar-refractivity contribution in [2.24, 2.45) is 0 Å². The molecule has 0 saturated carbocycles. The summed E-state index contributed by atoms with van der Waals surface area (Å²) < 4.78 is 7.44. The number of hydrogen-bond donors (Lipinski definition) is 0. The maximum atomic E-state index is 6.33. The van der Waals surface area contributed by atoms with E-state index in [1.165, 1.54) is 32.9 Å². The van der Waals surface area contributed by atoms with E-state index in [-0.39, 0.29) is 0 Å². The molecule has 1 heterocycles. The van der Waals surface area contributed by atoms with Gasteiger partial charge < -0.3 is 4.42 Å². The maximum absolute atomic E-state index is 6.33. The molecule has 0 aliphatic heterocycles. The summed E-state index contributed by atoms with van der Waals surface area (Å²) in [4.78, 5) is 0. The van der Waals surface area contributed by atoms with Crippen molar-refractivity contribution in [3.63, 3.8) is 0 Å². The average Bonchev–Trinajstić information content (AvgIpc) is 3.01. The summed E-state index contributed by atoms with van der Waals surface area (Å²) in [5.74, 6) is 1.11. The number of aryl methyl sites for hydroxylation is 1. The monoisotopic (exact) mass is 374 g/mol. The van der Waals surface area contributed by atoms with E-state index >= 15 is 0 Å². The molecule has 0 radical (unpaired) electrons. The highest BCUT2D eigenvalue weighted by molar-refractivity contribution is 9.10. The molecule has 1 aliphatic rings. The minimum atomic E-state index is 0.968. The zero-order chi connectivity index (χ0) is 16.1. The van der Waals surface area contributed by atoms with Crippen molar-refractivity contribution in [1.29, 1.82) is 0 Å². The second kappa shape index (κ2) is 5.35. The van der Waals surface area contributed by atoms with Gasteiger partial charge in [-0.05, 0) is 41.1 Å².